The van der Waals surface area contributed by atoms with Crippen molar-refractivity contribution in [2.75, 3.05) is 0 Å². The number of rotatable bonds is 4. The number of H-pyrrole nitrogens is 1. The number of carbonyl (C=O) groups is 2. The summed E-state index contributed by atoms with van der Waals surface area (Å²) in [5, 5.41) is 1.13. The first-order valence-electron chi connectivity index (χ1n) is 7.49. The number of ether oxygens (including phenoxy) is 1. The minimum Gasteiger partial charge on any atom is -0.424 e. The quantitative estimate of drug-likeness (QED) is 0.576. The van der Waals surface area contributed by atoms with Gasteiger partial charge in [0.1, 0.15) is 11.4 Å². The smallest absolute Gasteiger partial charge is 0.308 e. The Balaban J connectivity index is 2.16. The SMILES string of the molecule is CCc1ccnc(C(=O)c2[nH]c3cc(Cl)ccc3c2OC(C)=O)c1. The summed E-state index contributed by atoms with van der Waals surface area (Å²) in [6, 6.07) is 8.65. The number of fused-ring (bicyclic) bond motifs is 1. The first-order chi connectivity index (χ1) is 11.5. The van der Waals surface area contributed by atoms with Crippen LogP contribution in [0.3, 0.4) is 0 Å². The van der Waals surface area contributed by atoms with Crippen molar-refractivity contribution in [1.82, 2.24) is 9.97 Å². The molecule has 3 aromatic rings. The number of esters is 1. The fourth-order valence-electron chi connectivity index (χ4n) is 2.50. The maximum atomic E-state index is 12.9. The molecule has 0 atom stereocenters. The highest BCUT2D eigenvalue weighted by atomic mass is 35.5. The van der Waals surface area contributed by atoms with Gasteiger partial charge >= 0.3 is 5.97 Å². The van der Waals surface area contributed by atoms with Crippen LogP contribution in [0.15, 0.2) is 36.5 Å². The van der Waals surface area contributed by atoms with Crippen molar-refractivity contribution in [1.29, 1.82) is 0 Å². The number of benzene rings is 1. The summed E-state index contributed by atoms with van der Waals surface area (Å²) < 4.78 is 5.28. The van der Waals surface area contributed by atoms with Crippen LogP contribution in [0.1, 0.15) is 35.6 Å². The number of nitrogens with one attached hydrogen (secondary N) is 1. The van der Waals surface area contributed by atoms with Crippen molar-refractivity contribution < 1.29 is 14.3 Å². The number of aromatic nitrogens is 2. The molecule has 0 aliphatic rings. The number of aromatic amines is 1. The molecule has 0 saturated heterocycles. The minimum atomic E-state index is -0.504. The third kappa shape index (κ3) is 3.03. The Labute approximate surface area is 143 Å². The lowest BCUT2D eigenvalue weighted by Gasteiger charge is -2.04. The van der Waals surface area contributed by atoms with Gasteiger partial charge in [0.25, 0.3) is 0 Å². The number of carbonyl (C=O) groups excluding carboxylic acids is 2. The van der Waals surface area contributed by atoms with E-state index in [2.05, 4.69) is 9.97 Å². The third-order valence-electron chi connectivity index (χ3n) is 3.65. The van der Waals surface area contributed by atoms with Gasteiger partial charge in [0.15, 0.2) is 5.75 Å². The molecule has 0 amide bonds. The van der Waals surface area contributed by atoms with Gasteiger partial charge in [0, 0.05) is 23.5 Å². The van der Waals surface area contributed by atoms with Crippen molar-refractivity contribution in [3.8, 4) is 5.75 Å². The second-order valence-corrected chi connectivity index (χ2v) is 5.78. The van der Waals surface area contributed by atoms with Crippen LogP contribution < -0.4 is 4.74 Å². The van der Waals surface area contributed by atoms with Crippen molar-refractivity contribution in [3.63, 3.8) is 0 Å². The molecule has 0 aliphatic heterocycles. The average Bonchev–Trinajstić information content (AvgIpc) is 2.91. The molecule has 0 bridgehead atoms. The van der Waals surface area contributed by atoms with Gasteiger partial charge in [-0.15, -0.1) is 0 Å². The lowest BCUT2D eigenvalue weighted by molar-refractivity contribution is -0.131. The van der Waals surface area contributed by atoms with Gasteiger partial charge in [0.05, 0.1) is 5.52 Å². The summed E-state index contributed by atoms with van der Waals surface area (Å²) in [4.78, 5) is 31.4. The zero-order valence-corrected chi connectivity index (χ0v) is 14.0. The van der Waals surface area contributed by atoms with Gasteiger partial charge in [-0.2, -0.15) is 0 Å². The van der Waals surface area contributed by atoms with Crippen LogP contribution in [0.5, 0.6) is 5.75 Å². The Bertz CT molecular complexity index is 947. The highest BCUT2D eigenvalue weighted by molar-refractivity contribution is 6.31. The predicted molar refractivity (Wildman–Crippen MR) is 91.7 cm³/mol. The molecule has 2 heterocycles. The maximum Gasteiger partial charge on any atom is 0.308 e. The molecular formula is C18H15ClN2O3. The first kappa shape index (κ1) is 16.2. The van der Waals surface area contributed by atoms with Gasteiger partial charge in [-0.1, -0.05) is 18.5 Å². The van der Waals surface area contributed by atoms with Crippen LogP contribution >= 0.6 is 11.6 Å². The fraction of sp³-hybridized carbons (Fsp3) is 0.167. The monoisotopic (exact) mass is 342 g/mol. The van der Waals surface area contributed by atoms with Crippen LogP contribution in [0, 0.1) is 0 Å². The number of hydrogen-bond donors (Lipinski definition) is 1. The van der Waals surface area contributed by atoms with E-state index in [1.54, 1.807) is 30.5 Å². The second-order valence-electron chi connectivity index (χ2n) is 5.34. The molecule has 1 N–H and O–H groups in total. The molecule has 3 rings (SSSR count). The number of hydrogen-bond acceptors (Lipinski definition) is 4. The molecular weight excluding hydrogens is 328 g/mol. The molecule has 1 aromatic carbocycles. The van der Waals surface area contributed by atoms with E-state index in [0.717, 1.165) is 12.0 Å². The van der Waals surface area contributed by atoms with Crippen LogP contribution in [-0.4, -0.2) is 21.7 Å². The lowest BCUT2D eigenvalue weighted by Crippen LogP contribution is -2.09. The molecule has 0 fully saturated rings. The Morgan fingerprint density at radius 1 is 1.25 bits per heavy atom. The largest absolute Gasteiger partial charge is 0.424 e. The molecule has 24 heavy (non-hydrogen) atoms. The number of aryl methyl sites for hydroxylation is 1. The van der Waals surface area contributed by atoms with Crippen molar-refractivity contribution in [2.45, 2.75) is 20.3 Å². The van der Waals surface area contributed by atoms with Gasteiger partial charge in [-0.25, -0.2) is 0 Å². The van der Waals surface area contributed by atoms with Crippen LogP contribution in [0.4, 0.5) is 0 Å². The highest BCUT2D eigenvalue weighted by Gasteiger charge is 2.23. The van der Waals surface area contributed by atoms with Gasteiger partial charge < -0.3 is 9.72 Å². The molecule has 0 unspecified atom stereocenters. The van der Waals surface area contributed by atoms with E-state index in [0.29, 0.717) is 21.6 Å². The molecule has 122 valence electrons. The predicted octanol–water partition coefficient (Wildman–Crippen LogP) is 3.94. The molecule has 2 aromatic heterocycles. The van der Waals surface area contributed by atoms with Crippen LogP contribution in [-0.2, 0) is 11.2 Å². The standard InChI is InChI=1S/C18H15ClN2O3/c1-3-11-6-7-20-15(8-11)17(23)16-18(24-10(2)22)13-5-4-12(19)9-14(13)21-16/h4-9,21H,3H2,1-2H3. The second kappa shape index (κ2) is 6.45. The highest BCUT2D eigenvalue weighted by Crippen LogP contribution is 2.33. The molecule has 5 nitrogen and oxygen atoms in total. The zero-order valence-electron chi connectivity index (χ0n) is 13.2. The summed E-state index contributed by atoms with van der Waals surface area (Å²) in [6.45, 7) is 3.29. The number of nitrogens with zero attached hydrogens (tertiary/aromatic N) is 1. The fourth-order valence-corrected chi connectivity index (χ4v) is 2.67. The van der Waals surface area contributed by atoms with Gasteiger partial charge in [-0.05, 0) is 42.3 Å². The lowest BCUT2D eigenvalue weighted by atomic mass is 10.1. The van der Waals surface area contributed by atoms with Crippen LogP contribution in [0.2, 0.25) is 5.02 Å². The van der Waals surface area contributed by atoms with Gasteiger partial charge in [-0.3, -0.25) is 14.6 Å². The van der Waals surface area contributed by atoms with E-state index < -0.39 is 5.97 Å². The van der Waals surface area contributed by atoms with Crippen LogP contribution in [0.25, 0.3) is 10.9 Å². The van der Waals surface area contributed by atoms with E-state index in [4.69, 9.17) is 16.3 Å². The number of halogens is 1. The van der Waals surface area contributed by atoms with Gasteiger partial charge in [0.2, 0.25) is 5.78 Å². The Kier molecular flexibility index (Phi) is 4.36. The Hall–Kier alpha value is -2.66. The summed E-state index contributed by atoms with van der Waals surface area (Å²) >= 11 is 6.00. The van der Waals surface area contributed by atoms with E-state index in [1.807, 2.05) is 13.0 Å². The molecule has 0 saturated carbocycles. The Morgan fingerprint density at radius 3 is 2.75 bits per heavy atom. The van der Waals surface area contributed by atoms with E-state index in [-0.39, 0.29) is 17.2 Å². The molecule has 0 radical (unpaired) electrons. The first-order valence-corrected chi connectivity index (χ1v) is 7.86. The van der Waals surface area contributed by atoms with Crippen molar-refractivity contribution in [2.24, 2.45) is 0 Å². The maximum absolute atomic E-state index is 12.9. The summed E-state index contributed by atoms with van der Waals surface area (Å²) in [7, 11) is 0. The zero-order chi connectivity index (χ0) is 17.3. The molecule has 0 spiro atoms. The van der Waals surface area contributed by atoms with Crippen molar-refractivity contribution >= 4 is 34.3 Å². The summed E-state index contributed by atoms with van der Waals surface area (Å²) in [5.74, 6) is -0.646. The van der Waals surface area contributed by atoms with E-state index in [1.165, 1.54) is 6.92 Å². The van der Waals surface area contributed by atoms with E-state index in [9.17, 15) is 9.59 Å². The average molecular weight is 343 g/mol. The minimum absolute atomic E-state index is 0.184. The normalized spacial score (nSPS) is 10.8. The summed E-state index contributed by atoms with van der Waals surface area (Å²) in [5.41, 5.74) is 2.10. The molecule has 0 aliphatic carbocycles. The molecule has 6 heteroatoms. The number of pyridine rings is 1. The number of ketones is 1. The van der Waals surface area contributed by atoms with Crippen molar-refractivity contribution in [3.05, 3.63) is 58.5 Å². The van der Waals surface area contributed by atoms with E-state index >= 15 is 0 Å². The Morgan fingerprint density at radius 2 is 2.04 bits per heavy atom. The topological polar surface area (TPSA) is 72.1 Å². The third-order valence-corrected chi connectivity index (χ3v) is 3.89. The summed E-state index contributed by atoms with van der Waals surface area (Å²) in [6.07, 6.45) is 2.39.